The van der Waals surface area contributed by atoms with E-state index in [1.165, 1.54) is 0 Å². The SMILES string of the molecule is CCCC[C@H](CCCCO)Nc1nc(N)nc2cccnc12. The molecule has 2 aromatic rings. The molecule has 0 aliphatic carbocycles. The minimum atomic E-state index is 0.242. The Labute approximate surface area is 131 Å². The van der Waals surface area contributed by atoms with Crippen molar-refractivity contribution in [3.05, 3.63) is 18.3 Å². The van der Waals surface area contributed by atoms with Gasteiger partial charge in [0.1, 0.15) is 5.52 Å². The van der Waals surface area contributed by atoms with Crippen molar-refractivity contribution >= 4 is 22.8 Å². The van der Waals surface area contributed by atoms with Crippen LogP contribution in [0.15, 0.2) is 18.3 Å². The second-order valence-electron chi connectivity index (χ2n) is 5.50. The van der Waals surface area contributed by atoms with Crippen LogP contribution in [0.2, 0.25) is 0 Å². The van der Waals surface area contributed by atoms with E-state index in [2.05, 4.69) is 27.2 Å². The van der Waals surface area contributed by atoms with E-state index >= 15 is 0 Å². The second kappa shape index (κ2) is 8.48. The van der Waals surface area contributed by atoms with E-state index in [4.69, 9.17) is 10.8 Å². The fourth-order valence-electron chi connectivity index (χ4n) is 2.52. The number of nitrogens with zero attached hydrogens (tertiary/aromatic N) is 3. The maximum atomic E-state index is 8.96. The fraction of sp³-hybridized carbons (Fsp3) is 0.562. The zero-order valence-corrected chi connectivity index (χ0v) is 13.1. The average molecular weight is 303 g/mol. The van der Waals surface area contributed by atoms with Crippen LogP contribution in [0.3, 0.4) is 0 Å². The summed E-state index contributed by atoms with van der Waals surface area (Å²) in [5.41, 5.74) is 7.30. The number of nitrogens with one attached hydrogen (secondary N) is 1. The Bertz CT molecular complexity index is 590. The first-order chi connectivity index (χ1) is 10.7. The van der Waals surface area contributed by atoms with Crippen molar-refractivity contribution in [1.29, 1.82) is 0 Å². The van der Waals surface area contributed by atoms with E-state index in [-0.39, 0.29) is 12.6 Å². The zero-order valence-electron chi connectivity index (χ0n) is 13.1. The van der Waals surface area contributed by atoms with Crippen molar-refractivity contribution in [2.24, 2.45) is 0 Å². The quantitative estimate of drug-likeness (QED) is 0.616. The minimum absolute atomic E-state index is 0.242. The highest BCUT2D eigenvalue weighted by Crippen LogP contribution is 2.21. The molecule has 6 heteroatoms. The molecular weight excluding hydrogens is 278 g/mol. The third-order valence-electron chi connectivity index (χ3n) is 3.68. The number of nitrogen functional groups attached to an aromatic ring is 1. The number of aliphatic hydroxyl groups excluding tert-OH is 1. The molecular formula is C16H25N5O. The van der Waals surface area contributed by atoms with Gasteiger partial charge in [0.25, 0.3) is 0 Å². The van der Waals surface area contributed by atoms with Crippen LogP contribution in [0.4, 0.5) is 11.8 Å². The summed E-state index contributed by atoms with van der Waals surface area (Å²) in [5.74, 6) is 0.959. The second-order valence-corrected chi connectivity index (χ2v) is 5.50. The molecule has 22 heavy (non-hydrogen) atoms. The molecule has 0 saturated heterocycles. The molecule has 0 aromatic carbocycles. The van der Waals surface area contributed by atoms with Crippen molar-refractivity contribution < 1.29 is 5.11 Å². The molecule has 0 radical (unpaired) electrons. The van der Waals surface area contributed by atoms with Gasteiger partial charge in [-0.15, -0.1) is 0 Å². The monoisotopic (exact) mass is 303 g/mol. The normalized spacial score (nSPS) is 12.5. The molecule has 2 heterocycles. The molecule has 2 rings (SSSR count). The van der Waals surface area contributed by atoms with Crippen LogP contribution in [0.5, 0.6) is 0 Å². The summed E-state index contributed by atoms with van der Waals surface area (Å²) in [7, 11) is 0. The molecule has 2 aromatic heterocycles. The summed E-state index contributed by atoms with van der Waals surface area (Å²) in [6.07, 6.45) is 7.93. The van der Waals surface area contributed by atoms with Crippen molar-refractivity contribution in [2.75, 3.05) is 17.7 Å². The fourth-order valence-corrected chi connectivity index (χ4v) is 2.52. The van der Waals surface area contributed by atoms with Gasteiger partial charge < -0.3 is 16.2 Å². The summed E-state index contributed by atoms with van der Waals surface area (Å²) in [6, 6.07) is 4.04. The molecule has 4 N–H and O–H groups in total. The molecule has 0 spiro atoms. The van der Waals surface area contributed by atoms with Gasteiger partial charge in [0.15, 0.2) is 5.82 Å². The molecule has 0 bridgehead atoms. The predicted octanol–water partition coefficient (Wildman–Crippen LogP) is 2.74. The van der Waals surface area contributed by atoms with Crippen molar-refractivity contribution in [1.82, 2.24) is 15.0 Å². The molecule has 1 atom stereocenters. The van der Waals surface area contributed by atoms with E-state index in [0.717, 1.165) is 49.6 Å². The Kier molecular flexibility index (Phi) is 6.33. The smallest absolute Gasteiger partial charge is 0.222 e. The Morgan fingerprint density at radius 3 is 2.82 bits per heavy atom. The summed E-state index contributed by atoms with van der Waals surface area (Å²) in [6.45, 7) is 2.43. The third-order valence-corrected chi connectivity index (χ3v) is 3.68. The van der Waals surface area contributed by atoms with Gasteiger partial charge in [-0.05, 0) is 37.8 Å². The Morgan fingerprint density at radius 1 is 1.23 bits per heavy atom. The van der Waals surface area contributed by atoms with E-state index in [1.807, 2.05) is 12.1 Å². The van der Waals surface area contributed by atoms with Gasteiger partial charge in [0.2, 0.25) is 5.95 Å². The summed E-state index contributed by atoms with van der Waals surface area (Å²) in [5, 5.41) is 12.4. The van der Waals surface area contributed by atoms with Gasteiger partial charge in [-0.2, -0.15) is 4.98 Å². The van der Waals surface area contributed by atoms with E-state index in [9.17, 15) is 0 Å². The third kappa shape index (κ3) is 4.53. The van der Waals surface area contributed by atoms with E-state index < -0.39 is 0 Å². The predicted molar refractivity (Wildman–Crippen MR) is 89.6 cm³/mol. The van der Waals surface area contributed by atoms with E-state index in [0.29, 0.717) is 11.9 Å². The molecule has 120 valence electrons. The van der Waals surface area contributed by atoms with Crippen LogP contribution in [0.25, 0.3) is 11.0 Å². The number of hydrogen-bond acceptors (Lipinski definition) is 6. The summed E-state index contributed by atoms with van der Waals surface area (Å²) < 4.78 is 0. The number of aliphatic hydroxyl groups is 1. The summed E-state index contributed by atoms with van der Waals surface area (Å²) >= 11 is 0. The minimum Gasteiger partial charge on any atom is -0.396 e. The Hall–Kier alpha value is -1.95. The number of unbranched alkanes of at least 4 members (excludes halogenated alkanes) is 2. The summed E-state index contributed by atoms with van der Waals surface area (Å²) in [4.78, 5) is 12.9. The van der Waals surface area contributed by atoms with Crippen LogP contribution in [0, 0.1) is 0 Å². The largest absolute Gasteiger partial charge is 0.396 e. The van der Waals surface area contributed by atoms with Gasteiger partial charge in [0.05, 0.1) is 5.52 Å². The number of rotatable bonds is 9. The van der Waals surface area contributed by atoms with Crippen LogP contribution in [0.1, 0.15) is 45.4 Å². The van der Waals surface area contributed by atoms with Crippen LogP contribution in [-0.4, -0.2) is 32.7 Å². The van der Waals surface area contributed by atoms with Gasteiger partial charge in [-0.25, -0.2) is 4.98 Å². The highest BCUT2D eigenvalue weighted by atomic mass is 16.2. The standard InChI is InChI=1S/C16H25N5O/c1-2-3-7-12(8-4-5-11-22)19-15-14-13(9-6-10-18-14)20-16(17)21-15/h6,9-10,12,22H,2-5,7-8,11H2,1H3,(H3,17,19,20,21)/t12-/m1/s1. The van der Waals surface area contributed by atoms with Crippen molar-refractivity contribution in [3.8, 4) is 0 Å². The first kappa shape index (κ1) is 16.4. The molecule has 0 fully saturated rings. The number of anilines is 2. The molecule has 0 unspecified atom stereocenters. The highest BCUT2D eigenvalue weighted by molar-refractivity contribution is 5.85. The number of aromatic nitrogens is 3. The number of fused-ring (bicyclic) bond motifs is 1. The maximum absolute atomic E-state index is 8.96. The first-order valence-electron chi connectivity index (χ1n) is 8.00. The van der Waals surface area contributed by atoms with E-state index in [1.54, 1.807) is 6.20 Å². The molecule has 6 nitrogen and oxygen atoms in total. The lowest BCUT2D eigenvalue weighted by atomic mass is 10.0. The molecule has 0 aliphatic heterocycles. The first-order valence-corrected chi connectivity index (χ1v) is 8.00. The number of nitrogens with two attached hydrogens (primary N) is 1. The van der Waals surface area contributed by atoms with Crippen molar-refractivity contribution in [3.63, 3.8) is 0 Å². The lowest BCUT2D eigenvalue weighted by Gasteiger charge is -2.19. The van der Waals surface area contributed by atoms with Crippen LogP contribution < -0.4 is 11.1 Å². The Morgan fingerprint density at radius 2 is 2.05 bits per heavy atom. The van der Waals surface area contributed by atoms with Gasteiger partial charge >= 0.3 is 0 Å². The van der Waals surface area contributed by atoms with Gasteiger partial charge in [-0.1, -0.05) is 19.8 Å². The average Bonchev–Trinajstić information content (AvgIpc) is 2.52. The lowest BCUT2D eigenvalue weighted by molar-refractivity contribution is 0.281. The topological polar surface area (TPSA) is 97.0 Å². The zero-order chi connectivity index (χ0) is 15.8. The van der Waals surface area contributed by atoms with Crippen LogP contribution >= 0.6 is 0 Å². The molecule has 0 saturated carbocycles. The molecule has 0 aliphatic rings. The number of hydrogen-bond donors (Lipinski definition) is 3. The van der Waals surface area contributed by atoms with Crippen molar-refractivity contribution in [2.45, 2.75) is 51.5 Å². The lowest BCUT2D eigenvalue weighted by Crippen LogP contribution is -2.21. The number of pyridine rings is 1. The van der Waals surface area contributed by atoms with Crippen LogP contribution in [-0.2, 0) is 0 Å². The molecule has 0 amide bonds. The van der Waals surface area contributed by atoms with Gasteiger partial charge in [-0.3, -0.25) is 4.98 Å². The highest BCUT2D eigenvalue weighted by Gasteiger charge is 2.13. The Balaban J connectivity index is 2.17. The maximum Gasteiger partial charge on any atom is 0.222 e. The van der Waals surface area contributed by atoms with Gasteiger partial charge in [0, 0.05) is 18.8 Å².